The number of aryl methyl sites for hydroxylation is 5. The first-order valence-electron chi connectivity index (χ1n) is 34.3. The zero-order valence-electron chi connectivity index (χ0n) is 61.6. The first-order chi connectivity index (χ1) is 51.6. The van der Waals surface area contributed by atoms with Gasteiger partial charge in [0.2, 0.25) is 0 Å². The molecule has 0 aromatic heterocycles. The number of ether oxygens (including phenoxy) is 4. The van der Waals surface area contributed by atoms with E-state index in [0.717, 1.165) is 33.9 Å². The number of aliphatic hydroxyl groups excluding tert-OH is 1. The molecule has 1 aliphatic rings. The Hall–Kier alpha value is -11.3. The van der Waals surface area contributed by atoms with Crippen LogP contribution in [0.25, 0.3) is 0 Å². The highest BCUT2D eigenvalue weighted by Crippen LogP contribution is 2.31. The Morgan fingerprint density at radius 1 is 0.417 bits per heavy atom. The molecule has 0 spiro atoms. The van der Waals surface area contributed by atoms with Gasteiger partial charge in [-0.1, -0.05) is 161 Å². The predicted octanol–water partition coefficient (Wildman–Crippen LogP) is 20.5. The van der Waals surface area contributed by atoms with E-state index < -0.39 is 53.4 Å². The molecule has 3 unspecified atom stereocenters. The molecule has 0 aliphatic carbocycles. The quantitative estimate of drug-likeness (QED) is 0.0173. The summed E-state index contributed by atoms with van der Waals surface area (Å²) in [6.45, 7) is 19.1. The normalized spacial score (nSPS) is 11.9. The van der Waals surface area contributed by atoms with E-state index >= 15 is 0 Å². The fourth-order valence-electron chi connectivity index (χ4n) is 10.1. The predicted molar refractivity (Wildman–Crippen MR) is 409 cm³/mol. The lowest BCUT2D eigenvalue weighted by Crippen LogP contribution is -2.31. The Labute approximate surface area is 631 Å². The van der Waals surface area contributed by atoms with E-state index in [1.807, 2.05) is 137 Å². The Morgan fingerprint density at radius 3 is 1.01 bits per heavy atom. The molecule has 0 bridgehead atoms. The number of benzene rings is 11. The van der Waals surface area contributed by atoms with E-state index in [4.69, 9.17) is 46.4 Å². The molecule has 1 heterocycles. The third kappa shape index (κ3) is 26.0. The van der Waals surface area contributed by atoms with Crippen molar-refractivity contribution in [3.05, 3.63) is 360 Å². The lowest BCUT2D eigenvalue weighted by molar-refractivity contribution is -0.129. The van der Waals surface area contributed by atoms with Crippen LogP contribution < -0.4 is 24.8 Å². The molecular weight excluding hydrogens is 1410 g/mol. The molecule has 0 fully saturated rings. The number of amides is 2. The summed E-state index contributed by atoms with van der Waals surface area (Å²) in [6.07, 6.45) is -2.15. The van der Waals surface area contributed by atoms with Gasteiger partial charge in [0.15, 0.2) is 11.6 Å². The van der Waals surface area contributed by atoms with E-state index in [9.17, 15) is 46.2 Å². The minimum atomic E-state index is -0.849. The number of imide groups is 1. The number of ketones is 2. The molecule has 3 atom stereocenters. The van der Waals surface area contributed by atoms with E-state index in [0.29, 0.717) is 65.9 Å². The maximum Gasteiger partial charge on any atom is 0.285 e. The molecule has 1 aliphatic heterocycles. The summed E-state index contributed by atoms with van der Waals surface area (Å²) in [6, 6.07) is 68.2. The van der Waals surface area contributed by atoms with Crippen LogP contribution >= 0.6 is 11.6 Å². The summed E-state index contributed by atoms with van der Waals surface area (Å²) in [5.41, 5.74) is 12.8. The van der Waals surface area contributed by atoms with Crippen molar-refractivity contribution >= 4 is 35.0 Å². The fourth-order valence-corrected chi connectivity index (χ4v) is 10.3. The number of hydroxylamine groups is 2. The second-order valence-corrected chi connectivity index (χ2v) is 25.6. The maximum atomic E-state index is 14.7. The summed E-state index contributed by atoms with van der Waals surface area (Å²) < 4.78 is 90.7. The van der Waals surface area contributed by atoms with Gasteiger partial charge in [-0.15, -0.1) is 16.7 Å². The van der Waals surface area contributed by atoms with Crippen molar-refractivity contribution in [2.45, 2.75) is 120 Å². The highest BCUT2D eigenvalue weighted by atomic mass is 35.5. The molecule has 11 aromatic rings. The summed E-state index contributed by atoms with van der Waals surface area (Å²) >= 11 is 5.58. The highest BCUT2D eigenvalue weighted by molar-refractivity contribution is 6.20. The van der Waals surface area contributed by atoms with Crippen molar-refractivity contribution in [2.75, 3.05) is 0 Å². The Morgan fingerprint density at radius 2 is 0.713 bits per heavy atom. The van der Waals surface area contributed by atoms with Crippen LogP contribution in [0.1, 0.15) is 167 Å². The first kappa shape index (κ1) is 83.9. The van der Waals surface area contributed by atoms with Gasteiger partial charge in [0.25, 0.3) is 17.6 Å². The number of nitrogens with two attached hydrogens (primary N) is 1. The molecule has 0 saturated heterocycles. The Kier molecular flexibility index (Phi) is 32.3. The van der Waals surface area contributed by atoms with Crippen LogP contribution in [0, 0.1) is 63.7 Å². The van der Waals surface area contributed by atoms with Gasteiger partial charge in [-0.2, -0.15) is 0 Å². The smallest absolute Gasteiger partial charge is 0.285 e. The Balaban J connectivity index is 0.000000187. The van der Waals surface area contributed by atoms with Crippen molar-refractivity contribution in [1.82, 2.24) is 5.06 Å². The van der Waals surface area contributed by atoms with Gasteiger partial charge in [0.05, 0.1) is 34.4 Å². The number of carbonyl (C=O) groups excluding carboxylic acids is 4. The molecule has 0 saturated carbocycles. The van der Waals surface area contributed by atoms with Crippen LogP contribution in [-0.2, 0) is 42.0 Å². The lowest BCUT2D eigenvalue weighted by Gasteiger charge is -2.20. The number of fused-ring (bicyclic) bond motifs is 1. The van der Waals surface area contributed by atoms with Crippen LogP contribution in [-0.4, -0.2) is 38.7 Å². The zero-order valence-corrected chi connectivity index (χ0v) is 62.4. The van der Waals surface area contributed by atoms with E-state index in [1.54, 1.807) is 74.5 Å². The minimum Gasteiger partial charge on any atom is -0.593 e. The molecule has 2 amide bonds. The van der Waals surface area contributed by atoms with Crippen LogP contribution in [0.4, 0.5) is 22.0 Å². The third-order valence-corrected chi connectivity index (χ3v) is 16.8. The molecule has 14 nitrogen and oxygen atoms in total. The fraction of sp³-hybridized carbons (Fsp3) is 0.205. The SMILES string of the molecule is CC(=O)c1ccc(OCc2ccc(C)cc2)cc1F.CC(=O)c1ccc([OH2+])cc1F.Cc1ccc(CCl)cc1.Cc1ccc(COc2ccc(C(C)O)c(F)c2)cc1.Cc1ccc(COc2ccc(C(C)ON)c(F)c2)cc1.Cc1ccc(COc2ccc(C(C)ON3C(=O)c4ccccc4C3=O)c(F)c2)cc1. The number of alkyl halides is 1. The third-order valence-electron chi connectivity index (χ3n) is 16.5. The van der Waals surface area contributed by atoms with Crippen molar-refractivity contribution in [1.29, 1.82) is 0 Å². The molecule has 20 heteroatoms. The number of rotatable bonds is 21. The van der Waals surface area contributed by atoms with Gasteiger partial charge in [-0.05, 0) is 164 Å². The molecule has 108 heavy (non-hydrogen) atoms. The summed E-state index contributed by atoms with van der Waals surface area (Å²) in [5.74, 6) is 3.23. The average molecular weight is 1500 g/mol. The topological polar surface area (TPSA) is 196 Å². The van der Waals surface area contributed by atoms with Crippen molar-refractivity contribution < 1.29 is 80.0 Å². The number of hydrogen-bond acceptors (Lipinski definition) is 12. The van der Waals surface area contributed by atoms with Gasteiger partial charge in [-0.3, -0.25) is 28.9 Å². The zero-order chi connectivity index (χ0) is 78.6. The Bertz CT molecular complexity index is 4740. The van der Waals surface area contributed by atoms with E-state index in [-0.39, 0.29) is 56.5 Å². The summed E-state index contributed by atoms with van der Waals surface area (Å²) in [7, 11) is 0. The van der Waals surface area contributed by atoms with Crippen molar-refractivity contribution in [3.8, 4) is 28.7 Å². The van der Waals surface area contributed by atoms with Crippen LogP contribution in [0.3, 0.4) is 0 Å². The molecule has 0 radical (unpaired) electrons. The monoisotopic (exact) mass is 1490 g/mol. The average Bonchev–Trinajstić information content (AvgIpc) is 1.63. The van der Waals surface area contributed by atoms with Gasteiger partial charge < -0.3 is 29.2 Å². The van der Waals surface area contributed by atoms with Gasteiger partial charge >= 0.3 is 0 Å². The minimum absolute atomic E-state index is 0.0426. The molecule has 12 rings (SSSR count). The first-order valence-corrected chi connectivity index (χ1v) is 34.9. The number of Topliss-reactive ketones (excluding diaryl/α,β-unsaturated/α-hetero) is 2. The van der Waals surface area contributed by atoms with Crippen LogP contribution in [0.5, 0.6) is 28.7 Å². The number of hydrogen-bond donors (Lipinski definition) is 2. The standard InChI is InChI=1S/C24H20FNO4.C16H18FNO2.C16H17FO2.C16H15FO2.C8H9Cl.C8H7FO2/c1-15-7-9-17(10-8-15)14-29-18-11-12-19(22(25)13-18)16(2)30-26-23(27)20-5-3-4-6-21(20)24(26)28;1-11-3-5-13(6-4-11)10-19-14-7-8-15(12(2)20-18)16(17)9-14;2*1-11-3-5-13(6-4-11)10-19-14-7-8-15(12(2)18)16(17)9-14;1-7-2-4-8(6-9)5-3-7;1-5(10)7-3-2-6(11)4-8(7)9/h3-13,16H,14H2,1-2H3;3-9,12H,10,18H2,1-2H3;3-9,12,18H,10H2,1-2H3;3-9H,10H2,1-2H3;2-5H,6H2,1H3;2-4,11H,1H3/p+1. The number of halogens is 6. The number of nitrogens with zero attached hydrogens (tertiary/aromatic N) is 1. The van der Waals surface area contributed by atoms with E-state index in [2.05, 4.69) is 23.9 Å². The molecule has 5 N–H and O–H groups in total. The largest absolute Gasteiger partial charge is 0.593 e. The number of aliphatic hydroxyl groups is 1. The van der Waals surface area contributed by atoms with E-state index in [1.165, 1.54) is 97.1 Å². The second-order valence-electron chi connectivity index (χ2n) is 25.4. The summed E-state index contributed by atoms with van der Waals surface area (Å²) in [5, 5.41) is 17.1. The van der Waals surface area contributed by atoms with Gasteiger partial charge in [-0.25, -0.2) is 27.8 Å². The molecule has 11 aromatic carbocycles. The second kappa shape index (κ2) is 41.5. The van der Waals surface area contributed by atoms with Crippen LogP contribution in [0.2, 0.25) is 0 Å². The summed E-state index contributed by atoms with van der Waals surface area (Å²) in [4.78, 5) is 56.8. The lowest BCUT2D eigenvalue weighted by atomic mass is 10.1. The molecule has 562 valence electrons. The van der Waals surface area contributed by atoms with Crippen LogP contribution in [0.15, 0.2) is 237 Å². The maximum absolute atomic E-state index is 14.7. The van der Waals surface area contributed by atoms with Gasteiger partial charge in [0.1, 0.15) is 90.7 Å². The van der Waals surface area contributed by atoms with Gasteiger partial charge in [0, 0.05) is 52.9 Å². The number of carbonyl (C=O) groups is 4. The molecular formula is C88H87ClF5N2O12+. The van der Waals surface area contributed by atoms with Crippen molar-refractivity contribution in [2.24, 2.45) is 5.90 Å². The van der Waals surface area contributed by atoms with Crippen molar-refractivity contribution in [3.63, 3.8) is 0 Å². The highest BCUT2D eigenvalue weighted by Gasteiger charge is 2.38.